The molecule has 2 fully saturated rings. The van der Waals surface area contributed by atoms with Crippen LogP contribution in [0.5, 0.6) is 11.5 Å². The van der Waals surface area contributed by atoms with E-state index in [1.54, 1.807) is 6.92 Å². The number of nitrogens with one attached hydrogen (secondary N) is 1. The van der Waals surface area contributed by atoms with Gasteiger partial charge in [-0.3, -0.25) is 4.90 Å². The average Bonchev–Trinajstić information content (AvgIpc) is 3.43. The second-order valence-electron chi connectivity index (χ2n) is 11.6. The van der Waals surface area contributed by atoms with Gasteiger partial charge in [0.2, 0.25) is 0 Å². The zero-order valence-electron chi connectivity index (χ0n) is 24.8. The van der Waals surface area contributed by atoms with Crippen molar-refractivity contribution in [3.8, 4) is 11.5 Å². The van der Waals surface area contributed by atoms with E-state index in [0.717, 1.165) is 30.5 Å². The molecule has 0 bridgehead atoms. The molecule has 2 aliphatic rings. The lowest BCUT2D eigenvalue weighted by Crippen LogP contribution is -2.33. The summed E-state index contributed by atoms with van der Waals surface area (Å²) in [4.78, 5) is 14.7. The molecular formula is C34H39F3N2O4. The molecule has 5 rings (SSSR count). The second-order valence-corrected chi connectivity index (χ2v) is 11.6. The van der Waals surface area contributed by atoms with Crippen molar-refractivity contribution in [3.63, 3.8) is 0 Å². The van der Waals surface area contributed by atoms with Crippen LogP contribution in [-0.2, 0) is 22.5 Å². The number of likely N-dealkylation sites (tertiary alicyclic amines) is 1. The standard InChI is InChI=1S/C34H39F3N2O4/c1-4-41-34(40)32(43-26-11-7-23(8-12-26)21(2)3)15-22-5-9-25(10-6-22)42-14-13-38-33-27-19-39(20-28(27)33)18-24-16-30(36)31(37)17-29(24)35/h5-12,16-17,21,27-28,32-33,38H,4,13-15,18-20H2,1-3H3/t27-,28?,32-,33?/m0/s1. The molecule has 1 saturated heterocycles. The Bertz CT molecular complexity index is 1370. The molecule has 43 heavy (non-hydrogen) atoms. The van der Waals surface area contributed by atoms with Gasteiger partial charge in [-0.1, -0.05) is 38.1 Å². The Balaban J connectivity index is 1.03. The third kappa shape index (κ3) is 7.89. The Labute approximate surface area is 251 Å². The number of benzene rings is 3. The third-order valence-electron chi connectivity index (χ3n) is 8.22. The SMILES string of the molecule is CCOC(=O)[C@H](Cc1ccc(OCCNC2C3CN(Cc4cc(F)c(F)cc4F)C[C@@H]32)cc1)Oc1ccc(C(C)C)cc1. The first-order valence-corrected chi connectivity index (χ1v) is 15.0. The smallest absolute Gasteiger partial charge is 0.347 e. The van der Waals surface area contributed by atoms with Crippen molar-refractivity contribution in [3.05, 3.63) is 94.8 Å². The Hall–Kier alpha value is -3.56. The van der Waals surface area contributed by atoms with E-state index in [-0.39, 0.29) is 18.7 Å². The molecule has 0 aromatic heterocycles. The van der Waals surface area contributed by atoms with Crippen LogP contribution in [0.25, 0.3) is 0 Å². The van der Waals surface area contributed by atoms with Crippen LogP contribution in [0.2, 0.25) is 0 Å². The minimum Gasteiger partial charge on any atom is -0.492 e. The fraction of sp³-hybridized carbons (Fsp3) is 0.441. The summed E-state index contributed by atoms with van der Waals surface area (Å²) >= 11 is 0. The highest BCUT2D eigenvalue weighted by Gasteiger charge is 2.55. The highest BCUT2D eigenvalue weighted by Crippen LogP contribution is 2.45. The number of halogens is 3. The summed E-state index contributed by atoms with van der Waals surface area (Å²) in [6, 6.07) is 17.4. The molecule has 9 heteroatoms. The quantitative estimate of drug-likeness (QED) is 0.143. The highest BCUT2D eigenvalue weighted by molar-refractivity contribution is 5.75. The first-order valence-electron chi connectivity index (χ1n) is 15.0. The van der Waals surface area contributed by atoms with Crippen LogP contribution < -0.4 is 14.8 Å². The van der Waals surface area contributed by atoms with Gasteiger partial charge >= 0.3 is 5.97 Å². The number of piperidine rings is 1. The van der Waals surface area contributed by atoms with Crippen LogP contribution in [0.3, 0.4) is 0 Å². The van der Waals surface area contributed by atoms with Crippen LogP contribution >= 0.6 is 0 Å². The number of carbonyl (C=O) groups excluding carboxylic acids is 1. The maximum Gasteiger partial charge on any atom is 0.347 e. The van der Waals surface area contributed by atoms with Gasteiger partial charge in [0, 0.05) is 50.3 Å². The maximum atomic E-state index is 14.0. The average molecular weight is 597 g/mol. The summed E-state index contributed by atoms with van der Waals surface area (Å²) in [6.07, 6.45) is -0.387. The van der Waals surface area contributed by atoms with Crippen molar-refractivity contribution in [2.24, 2.45) is 11.8 Å². The highest BCUT2D eigenvalue weighted by atomic mass is 19.2. The van der Waals surface area contributed by atoms with Crippen molar-refractivity contribution in [1.82, 2.24) is 10.2 Å². The fourth-order valence-electron chi connectivity index (χ4n) is 5.81. The molecule has 2 unspecified atom stereocenters. The van der Waals surface area contributed by atoms with Gasteiger partial charge in [0.05, 0.1) is 6.61 Å². The van der Waals surface area contributed by atoms with Gasteiger partial charge in [-0.2, -0.15) is 0 Å². The summed E-state index contributed by atoms with van der Waals surface area (Å²) in [5, 5.41) is 3.53. The number of ether oxygens (including phenoxy) is 3. The predicted molar refractivity (Wildman–Crippen MR) is 158 cm³/mol. The molecule has 230 valence electrons. The largest absolute Gasteiger partial charge is 0.492 e. The predicted octanol–water partition coefficient (Wildman–Crippen LogP) is 5.88. The van der Waals surface area contributed by atoms with Gasteiger partial charge in [0.15, 0.2) is 17.7 Å². The summed E-state index contributed by atoms with van der Waals surface area (Å²) in [7, 11) is 0. The lowest BCUT2D eigenvalue weighted by Gasteiger charge is -2.20. The molecule has 1 aliphatic carbocycles. The van der Waals surface area contributed by atoms with Crippen LogP contribution in [0.1, 0.15) is 43.4 Å². The van der Waals surface area contributed by atoms with Crippen LogP contribution in [-0.4, -0.2) is 55.9 Å². The third-order valence-corrected chi connectivity index (χ3v) is 8.22. The molecule has 1 N–H and O–H groups in total. The Morgan fingerprint density at radius 3 is 2.23 bits per heavy atom. The number of hydrogen-bond donors (Lipinski definition) is 1. The van der Waals surface area contributed by atoms with Crippen LogP contribution in [0.15, 0.2) is 60.7 Å². The van der Waals surface area contributed by atoms with Crippen molar-refractivity contribution in [1.29, 1.82) is 0 Å². The van der Waals surface area contributed by atoms with Crippen molar-refractivity contribution in [2.45, 2.75) is 51.8 Å². The van der Waals surface area contributed by atoms with Gasteiger partial charge in [-0.05, 0) is 66.1 Å². The minimum atomic E-state index is -1.16. The second kappa shape index (κ2) is 13.8. The number of esters is 1. The van der Waals surface area contributed by atoms with Gasteiger partial charge in [0.25, 0.3) is 0 Å². The van der Waals surface area contributed by atoms with E-state index in [1.807, 2.05) is 48.5 Å². The lowest BCUT2D eigenvalue weighted by molar-refractivity contribution is -0.151. The van der Waals surface area contributed by atoms with Crippen molar-refractivity contribution < 1.29 is 32.2 Å². The van der Waals surface area contributed by atoms with Crippen molar-refractivity contribution in [2.75, 3.05) is 32.8 Å². The first kappa shape index (κ1) is 30.9. The number of fused-ring (bicyclic) bond motifs is 1. The molecule has 1 aliphatic heterocycles. The lowest BCUT2D eigenvalue weighted by atomic mass is 10.0. The van der Waals surface area contributed by atoms with E-state index in [2.05, 4.69) is 24.1 Å². The molecule has 0 radical (unpaired) electrons. The molecule has 1 saturated carbocycles. The molecule has 3 aromatic carbocycles. The van der Waals surface area contributed by atoms with E-state index < -0.39 is 29.5 Å². The van der Waals surface area contributed by atoms with E-state index in [9.17, 15) is 18.0 Å². The van der Waals surface area contributed by atoms with Gasteiger partial charge in [-0.15, -0.1) is 0 Å². The van der Waals surface area contributed by atoms with Crippen LogP contribution in [0.4, 0.5) is 13.2 Å². The Morgan fingerprint density at radius 1 is 0.930 bits per heavy atom. The zero-order chi connectivity index (χ0) is 30.5. The first-order chi connectivity index (χ1) is 20.7. The number of nitrogens with zero attached hydrogens (tertiary/aromatic N) is 1. The maximum absolute atomic E-state index is 14.0. The Kier molecular flexibility index (Phi) is 9.93. The Morgan fingerprint density at radius 2 is 1.58 bits per heavy atom. The topological polar surface area (TPSA) is 60.0 Å². The molecule has 4 atom stereocenters. The summed E-state index contributed by atoms with van der Waals surface area (Å²) in [5.74, 6) is -0.583. The molecular weight excluding hydrogens is 557 g/mol. The van der Waals surface area contributed by atoms with E-state index in [4.69, 9.17) is 14.2 Å². The van der Waals surface area contributed by atoms with E-state index in [1.165, 1.54) is 5.56 Å². The number of carbonyl (C=O) groups is 1. The molecule has 1 heterocycles. The summed E-state index contributed by atoms with van der Waals surface area (Å²) in [6.45, 7) is 9.37. The molecule has 6 nitrogen and oxygen atoms in total. The normalized spacial score (nSPS) is 20.1. The van der Waals surface area contributed by atoms with Gasteiger partial charge < -0.3 is 19.5 Å². The monoisotopic (exact) mass is 596 g/mol. The van der Waals surface area contributed by atoms with Gasteiger partial charge in [0.1, 0.15) is 23.9 Å². The summed E-state index contributed by atoms with van der Waals surface area (Å²) in [5.41, 5.74) is 2.32. The minimum absolute atomic E-state index is 0.185. The fourth-order valence-corrected chi connectivity index (χ4v) is 5.81. The molecule has 0 spiro atoms. The zero-order valence-corrected chi connectivity index (χ0v) is 24.8. The number of rotatable bonds is 14. The van der Waals surface area contributed by atoms with Crippen LogP contribution in [0, 0.1) is 29.3 Å². The molecule has 0 amide bonds. The van der Waals surface area contributed by atoms with E-state index >= 15 is 0 Å². The van der Waals surface area contributed by atoms with Crippen molar-refractivity contribution >= 4 is 5.97 Å². The van der Waals surface area contributed by atoms with Gasteiger partial charge in [-0.25, -0.2) is 18.0 Å². The van der Waals surface area contributed by atoms with E-state index in [0.29, 0.717) is 55.2 Å². The number of hydrogen-bond acceptors (Lipinski definition) is 6. The summed E-state index contributed by atoms with van der Waals surface area (Å²) < 4.78 is 57.9. The molecule has 3 aromatic rings.